The molecule has 6 nitrogen and oxygen atoms in total. The monoisotopic (exact) mass is 372 g/mol. The number of para-hydroxylation sites is 1. The van der Waals surface area contributed by atoms with E-state index in [1.54, 1.807) is 24.3 Å². The van der Waals surface area contributed by atoms with Gasteiger partial charge >= 0.3 is 0 Å². The van der Waals surface area contributed by atoms with Crippen molar-refractivity contribution >= 4 is 26.9 Å². The maximum absolute atomic E-state index is 12.4. The number of amides is 1. The number of rotatable bonds is 6. The van der Waals surface area contributed by atoms with Crippen LogP contribution in [-0.2, 0) is 22.3 Å². The molecule has 0 bridgehead atoms. The van der Waals surface area contributed by atoms with Crippen LogP contribution in [0.15, 0.2) is 52.9 Å². The summed E-state index contributed by atoms with van der Waals surface area (Å²) in [6.07, 6.45) is 0. The maximum atomic E-state index is 12.4. The molecule has 1 aromatic heterocycles. The highest BCUT2D eigenvalue weighted by molar-refractivity contribution is 7.88. The first-order valence-corrected chi connectivity index (χ1v) is 9.80. The Balaban J connectivity index is 1.66. The smallest absolute Gasteiger partial charge is 0.287 e. The minimum atomic E-state index is -3.30. The minimum Gasteiger partial charge on any atom is -0.451 e. The Morgan fingerprint density at radius 2 is 1.69 bits per heavy atom. The first-order valence-electron chi connectivity index (χ1n) is 8.15. The van der Waals surface area contributed by atoms with Crippen molar-refractivity contribution < 1.29 is 17.6 Å². The van der Waals surface area contributed by atoms with Gasteiger partial charge in [0.15, 0.2) is 5.76 Å². The van der Waals surface area contributed by atoms with E-state index in [-0.39, 0.29) is 11.7 Å². The summed E-state index contributed by atoms with van der Waals surface area (Å²) in [5.41, 5.74) is 3.05. The maximum Gasteiger partial charge on any atom is 0.287 e. The van der Waals surface area contributed by atoms with Gasteiger partial charge in [0.1, 0.15) is 5.58 Å². The van der Waals surface area contributed by atoms with E-state index in [2.05, 4.69) is 10.0 Å². The van der Waals surface area contributed by atoms with Crippen LogP contribution in [0.4, 0.5) is 0 Å². The fourth-order valence-corrected chi connectivity index (χ4v) is 3.47. The summed E-state index contributed by atoms with van der Waals surface area (Å²) >= 11 is 0. The predicted molar refractivity (Wildman–Crippen MR) is 100 cm³/mol. The van der Waals surface area contributed by atoms with Gasteiger partial charge in [-0.3, -0.25) is 4.79 Å². The van der Waals surface area contributed by atoms with Crippen molar-refractivity contribution in [2.45, 2.75) is 19.2 Å². The van der Waals surface area contributed by atoms with Gasteiger partial charge in [0.25, 0.3) is 5.91 Å². The summed E-state index contributed by atoms with van der Waals surface area (Å²) in [6, 6.07) is 14.6. The molecule has 0 saturated heterocycles. The molecule has 1 amide bonds. The Labute approximate surface area is 152 Å². The Morgan fingerprint density at radius 1 is 1.04 bits per heavy atom. The van der Waals surface area contributed by atoms with Crippen LogP contribution < -0.4 is 10.0 Å². The lowest BCUT2D eigenvalue weighted by atomic mass is 10.1. The molecule has 1 heterocycles. The number of benzene rings is 2. The molecule has 3 aromatic rings. The number of carbonyl (C=O) groups is 1. The van der Waals surface area contributed by atoms with Crippen molar-refractivity contribution in [2.75, 3.05) is 7.05 Å². The third-order valence-electron chi connectivity index (χ3n) is 4.19. The number of furan rings is 1. The summed E-state index contributed by atoms with van der Waals surface area (Å²) in [6.45, 7) is 2.19. The summed E-state index contributed by atoms with van der Waals surface area (Å²) in [4.78, 5) is 12.4. The van der Waals surface area contributed by atoms with Crippen LogP contribution in [0.2, 0.25) is 0 Å². The molecule has 0 saturated carbocycles. The number of aryl methyl sites for hydroxylation is 1. The van der Waals surface area contributed by atoms with Crippen molar-refractivity contribution in [3.8, 4) is 0 Å². The molecule has 0 fully saturated rings. The number of hydrogen-bond acceptors (Lipinski definition) is 4. The first-order chi connectivity index (χ1) is 12.4. The predicted octanol–water partition coefficient (Wildman–Crippen LogP) is 2.72. The van der Waals surface area contributed by atoms with E-state index in [9.17, 15) is 13.2 Å². The third kappa shape index (κ3) is 3.95. The van der Waals surface area contributed by atoms with Crippen LogP contribution in [0.5, 0.6) is 0 Å². The largest absolute Gasteiger partial charge is 0.451 e. The van der Waals surface area contributed by atoms with E-state index in [4.69, 9.17) is 4.42 Å². The standard InChI is InChI=1S/C19H20N2O4S/c1-13-16-5-3-4-6-17(16)25-18(13)19(22)21-11-14-7-9-15(10-8-14)12-26(23,24)20-2/h3-10,20H,11-12H2,1-2H3,(H,21,22). The normalized spacial score (nSPS) is 11.6. The van der Waals surface area contributed by atoms with Crippen LogP contribution in [0.3, 0.4) is 0 Å². The van der Waals surface area contributed by atoms with E-state index in [1.165, 1.54) is 7.05 Å². The number of carbonyl (C=O) groups excluding carboxylic acids is 1. The lowest BCUT2D eigenvalue weighted by molar-refractivity contribution is 0.0924. The van der Waals surface area contributed by atoms with Crippen molar-refractivity contribution in [3.05, 3.63) is 71.0 Å². The zero-order valence-electron chi connectivity index (χ0n) is 14.6. The average Bonchev–Trinajstić information content (AvgIpc) is 2.98. The van der Waals surface area contributed by atoms with E-state index in [0.29, 0.717) is 23.5 Å². The Hall–Kier alpha value is -2.64. The molecule has 0 aliphatic carbocycles. The van der Waals surface area contributed by atoms with Crippen LogP contribution in [-0.4, -0.2) is 21.4 Å². The highest BCUT2D eigenvalue weighted by Crippen LogP contribution is 2.24. The van der Waals surface area contributed by atoms with Crippen molar-refractivity contribution in [1.29, 1.82) is 0 Å². The van der Waals surface area contributed by atoms with Gasteiger partial charge in [-0.2, -0.15) is 0 Å². The molecular weight excluding hydrogens is 352 g/mol. The molecule has 2 N–H and O–H groups in total. The number of fused-ring (bicyclic) bond motifs is 1. The summed E-state index contributed by atoms with van der Waals surface area (Å²) in [7, 11) is -1.91. The Bertz CT molecular complexity index is 1040. The topological polar surface area (TPSA) is 88.4 Å². The number of sulfonamides is 1. The molecule has 0 atom stereocenters. The Morgan fingerprint density at radius 3 is 2.35 bits per heavy atom. The summed E-state index contributed by atoms with van der Waals surface area (Å²) in [5, 5.41) is 3.76. The molecule has 2 aromatic carbocycles. The van der Waals surface area contributed by atoms with Gasteiger partial charge in [-0.25, -0.2) is 13.1 Å². The van der Waals surface area contributed by atoms with Gasteiger partial charge in [0.2, 0.25) is 10.0 Å². The average molecular weight is 372 g/mol. The highest BCUT2D eigenvalue weighted by atomic mass is 32.2. The molecule has 0 radical (unpaired) electrons. The number of hydrogen-bond donors (Lipinski definition) is 2. The van der Waals surface area contributed by atoms with Crippen LogP contribution in [0.25, 0.3) is 11.0 Å². The lowest BCUT2D eigenvalue weighted by Gasteiger charge is -2.06. The van der Waals surface area contributed by atoms with Gasteiger partial charge in [0.05, 0.1) is 5.75 Å². The SMILES string of the molecule is CNS(=O)(=O)Cc1ccc(CNC(=O)c2oc3ccccc3c2C)cc1. The molecule has 26 heavy (non-hydrogen) atoms. The van der Waals surface area contributed by atoms with Crippen molar-refractivity contribution in [1.82, 2.24) is 10.0 Å². The molecule has 0 spiro atoms. The molecule has 0 aliphatic heterocycles. The third-order valence-corrected chi connectivity index (χ3v) is 5.53. The molecule has 7 heteroatoms. The highest BCUT2D eigenvalue weighted by Gasteiger charge is 2.17. The second kappa shape index (κ2) is 7.31. The first kappa shape index (κ1) is 18.2. The van der Waals surface area contributed by atoms with E-state index in [1.807, 2.05) is 31.2 Å². The zero-order chi connectivity index (χ0) is 18.7. The van der Waals surface area contributed by atoms with Gasteiger partial charge < -0.3 is 9.73 Å². The lowest BCUT2D eigenvalue weighted by Crippen LogP contribution is -2.23. The number of nitrogens with one attached hydrogen (secondary N) is 2. The summed E-state index contributed by atoms with van der Waals surface area (Å²) < 4.78 is 31.0. The molecule has 0 aliphatic rings. The fraction of sp³-hybridized carbons (Fsp3) is 0.211. The molecule has 3 rings (SSSR count). The minimum absolute atomic E-state index is 0.0751. The second-order valence-corrected chi connectivity index (χ2v) is 7.94. The van der Waals surface area contributed by atoms with E-state index >= 15 is 0 Å². The van der Waals surface area contributed by atoms with Gasteiger partial charge in [-0.1, -0.05) is 42.5 Å². The van der Waals surface area contributed by atoms with Crippen LogP contribution >= 0.6 is 0 Å². The van der Waals surface area contributed by atoms with Crippen LogP contribution in [0, 0.1) is 6.92 Å². The molecule has 0 unspecified atom stereocenters. The van der Waals surface area contributed by atoms with Crippen molar-refractivity contribution in [2.24, 2.45) is 0 Å². The van der Waals surface area contributed by atoms with Gasteiger partial charge in [0, 0.05) is 17.5 Å². The quantitative estimate of drug-likeness (QED) is 0.696. The van der Waals surface area contributed by atoms with Gasteiger partial charge in [-0.05, 0) is 31.2 Å². The zero-order valence-corrected chi connectivity index (χ0v) is 15.4. The molecular formula is C19H20N2O4S. The molecule has 136 valence electrons. The van der Waals surface area contributed by atoms with E-state index < -0.39 is 10.0 Å². The van der Waals surface area contributed by atoms with Crippen molar-refractivity contribution in [3.63, 3.8) is 0 Å². The summed E-state index contributed by atoms with van der Waals surface area (Å²) in [5.74, 6) is -0.0441. The van der Waals surface area contributed by atoms with E-state index in [0.717, 1.165) is 16.5 Å². The Kier molecular flexibility index (Phi) is 5.11. The fourth-order valence-electron chi connectivity index (χ4n) is 2.70. The second-order valence-electron chi connectivity index (χ2n) is 6.01. The van der Waals surface area contributed by atoms with Gasteiger partial charge in [-0.15, -0.1) is 0 Å². The van der Waals surface area contributed by atoms with Crippen LogP contribution in [0.1, 0.15) is 27.2 Å².